The van der Waals surface area contributed by atoms with Crippen LogP contribution in [0.25, 0.3) is 0 Å². The lowest BCUT2D eigenvalue weighted by molar-refractivity contribution is 0.189. The smallest absolute Gasteiger partial charge is 0.119 e. The van der Waals surface area contributed by atoms with E-state index in [0.717, 1.165) is 37.0 Å². The van der Waals surface area contributed by atoms with E-state index in [2.05, 4.69) is 44.2 Å². The Kier molecular flexibility index (Phi) is 9.57. The summed E-state index contributed by atoms with van der Waals surface area (Å²) in [6.07, 6.45) is 16.6. The third kappa shape index (κ3) is 6.76. The molecule has 166 valence electrons. The largest absolute Gasteiger partial charge is 0.494 e. The molecule has 0 saturated heterocycles. The third-order valence-electron chi connectivity index (χ3n) is 7.88. The van der Waals surface area contributed by atoms with Crippen molar-refractivity contribution in [1.82, 2.24) is 0 Å². The van der Waals surface area contributed by atoms with Crippen LogP contribution >= 0.6 is 0 Å². The Morgan fingerprint density at radius 1 is 0.900 bits per heavy atom. The molecule has 30 heavy (non-hydrogen) atoms. The topological polar surface area (TPSA) is 33.0 Å². The first kappa shape index (κ1) is 23.2. The summed E-state index contributed by atoms with van der Waals surface area (Å²) in [5.74, 6) is 4.36. The first-order chi connectivity index (χ1) is 14.7. The van der Waals surface area contributed by atoms with Crippen LogP contribution in [-0.4, -0.2) is 6.61 Å². The zero-order valence-corrected chi connectivity index (χ0v) is 19.5. The quantitative estimate of drug-likeness (QED) is 0.364. The molecule has 0 amide bonds. The molecule has 2 heteroatoms. The van der Waals surface area contributed by atoms with Gasteiger partial charge in [0.25, 0.3) is 0 Å². The van der Waals surface area contributed by atoms with Gasteiger partial charge in [-0.15, -0.1) is 0 Å². The normalized spacial score (nSPS) is 27.9. The van der Waals surface area contributed by atoms with Gasteiger partial charge in [0.2, 0.25) is 0 Å². The monoisotopic (exact) mass is 409 g/mol. The minimum Gasteiger partial charge on any atom is -0.494 e. The first-order valence-corrected chi connectivity index (χ1v) is 12.9. The highest BCUT2D eigenvalue weighted by atomic mass is 16.5. The van der Waals surface area contributed by atoms with Crippen LogP contribution in [0.1, 0.15) is 109 Å². The van der Waals surface area contributed by atoms with Crippen LogP contribution in [0, 0.1) is 35.0 Å². The highest BCUT2D eigenvalue weighted by molar-refractivity contribution is 5.29. The van der Waals surface area contributed by atoms with E-state index >= 15 is 0 Å². The lowest BCUT2D eigenvalue weighted by Gasteiger charge is -2.34. The molecule has 1 atom stereocenters. The minimum atomic E-state index is 0.300. The van der Waals surface area contributed by atoms with Gasteiger partial charge >= 0.3 is 0 Å². The van der Waals surface area contributed by atoms with E-state index < -0.39 is 0 Å². The summed E-state index contributed by atoms with van der Waals surface area (Å²) in [7, 11) is 0. The molecule has 0 heterocycles. The van der Waals surface area contributed by atoms with Crippen LogP contribution in [0.15, 0.2) is 24.3 Å². The Hall–Kier alpha value is -1.49. The number of ether oxygens (including phenoxy) is 1. The molecule has 0 spiro atoms. The fourth-order valence-electron chi connectivity index (χ4n) is 5.90. The van der Waals surface area contributed by atoms with E-state index in [1.807, 2.05) is 0 Å². The Labute approximate surface area is 185 Å². The number of hydrogen-bond acceptors (Lipinski definition) is 2. The molecule has 0 aromatic heterocycles. The minimum absolute atomic E-state index is 0.300. The van der Waals surface area contributed by atoms with Crippen molar-refractivity contribution in [3.8, 4) is 11.8 Å². The van der Waals surface area contributed by atoms with Gasteiger partial charge in [-0.2, -0.15) is 5.26 Å². The zero-order chi connectivity index (χ0) is 21.2. The number of hydrogen-bond donors (Lipinski definition) is 0. The summed E-state index contributed by atoms with van der Waals surface area (Å²) >= 11 is 0. The van der Waals surface area contributed by atoms with Crippen molar-refractivity contribution in [1.29, 1.82) is 5.26 Å². The molecule has 2 aliphatic rings. The summed E-state index contributed by atoms with van der Waals surface area (Å²) in [6, 6.07) is 11.6. The van der Waals surface area contributed by atoms with Crippen molar-refractivity contribution in [2.75, 3.05) is 6.61 Å². The maximum Gasteiger partial charge on any atom is 0.119 e. The van der Waals surface area contributed by atoms with Crippen molar-refractivity contribution in [2.24, 2.45) is 23.7 Å². The predicted octanol–water partition coefficient (Wildman–Crippen LogP) is 8.28. The summed E-state index contributed by atoms with van der Waals surface area (Å²) in [4.78, 5) is 0. The van der Waals surface area contributed by atoms with Crippen LogP contribution in [-0.2, 0) is 0 Å². The Morgan fingerprint density at radius 2 is 1.57 bits per heavy atom. The molecule has 0 radical (unpaired) electrons. The molecule has 0 aliphatic heterocycles. The SMILES string of the molecule is CCCCOc1ccc(C2CCC(CC(C#N)C3CCC(CCC)CC3)CC2)cc1. The van der Waals surface area contributed by atoms with Crippen LogP contribution in [0.3, 0.4) is 0 Å². The number of nitrogens with zero attached hydrogens (tertiary/aromatic N) is 1. The van der Waals surface area contributed by atoms with Crippen LogP contribution in [0.5, 0.6) is 5.75 Å². The second-order valence-electron chi connectivity index (χ2n) is 10.0. The van der Waals surface area contributed by atoms with E-state index in [1.165, 1.54) is 76.2 Å². The van der Waals surface area contributed by atoms with Crippen molar-refractivity contribution in [2.45, 2.75) is 103 Å². The van der Waals surface area contributed by atoms with Crippen LogP contribution in [0.4, 0.5) is 0 Å². The molecule has 1 aromatic carbocycles. The highest BCUT2D eigenvalue weighted by Gasteiger charge is 2.31. The molecule has 3 rings (SSSR count). The number of rotatable bonds is 10. The molecule has 2 aliphatic carbocycles. The number of nitriles is 1. The average molecular weight is 410 g/mol. The first-order valence-electron chi connectivity index (χ1n) is 12.9. The second-order valence-corrected chi connectivity index (χ2v) is 10.0. The zero-order valence-electron chi connectivity index (χ0n) is 19.5. The summed E-state index contributed by atoms with van der Waals surface area (Å²) in [6.45, 7) is 5.32. The predicted molar refractivity (Wildman–Crippen MR) is 126 cm³/mol. The van der Waals surface area contributed by atoms with Gasteiger partial charge in [-0.25, -0.2) is 0 Å². The number of unbranched alkanes of at least 4 members (excludes halogenated alkanes) is 1. The van der Waals surface area contributed by atoms with Crippen molar-refractivity contribution < 1.29 is 4.74 Å². The highest BCUT2D eigenvalue weighted by Crippen LogP contribution is 2.42. The Bertz CT molecular complexity index is 630. The van der Waals surface area contributed by atoms with Gasteiger partial charge in [-0.05, 0) is 92.7 Å². The Balaban J connectivity index is 1.42. The summed E-state index contributed by atoms with van der Waals surface area (Å²) in [5, 5.41) is 9.85. The molecule has 2 nitrogen and oxygen atoms in total. The van der Waals surface area contributed by atoms with E-state index in [-0.39, 0.29) is 0 Å². The van der Waals surface area contributed by atoms with E-state index in [0.29, 0.717) is 17.8 Å². The molecule has 2 saturated carbocycles. The van der Waals surface area contributed by atoms with Crippen molar-refractivity contribution >= 4 is 0 Å². The van der Waals surface area contributed by atoms with Crippen LogP contribution in [0.2, 0.25) is 0 Å². The van der Waals surface area contributed by atoms with Gasteiger partial charge in [0.1, 0.15) is 5.75 Å². The van der Waals surface area contributed by atoms with E-state index in [9.17, 15) is 5.26 Å². The lowest BCUT2D eigenvalue weighted by Crippen LogP contribution is -2.24. The fraction of sp³-hybridized carbons (Fsp3) is 0.750. The molecule has 2 fully saturated rings. The van der Waals surface area contributed by atoms with E-state index in [1.54, 1.807) is 0 Å². The average Bonchev–Trinajstić information content (AvgIpc) is 2.79. The summed E-state index contributed by atoms with van der Waals surface area (Å²) < 4.78 is 5.81. The van der Waals surface area contributed by atoms with Crippen molar-refractivity contribution in [3.63, 3.8) is 0 Å². The number of benzene rings is 1. The second kappa shape index (κ2) is 12.4. The van der Waals surface area contributed by atoms with Gasteiger partial charge < -0.3 is 4.74 Å². The maximum absolute atomic E-state index is 9.85. The standard InChI is InChI=1S/C28H43NO/c1-3-5-19-30-28-17-15-25(16-18-28)24-13-9-23(10-14-24)20-27(21-29)26-11-7-22(6-4-2)8-12-26/h15-18,22-24,26-27H,3-14,19-20H2,1-2H3. The van der Waals surface area contributed by atoms with Gasteiger partial charge in [0.15, 0.2) is 0 Å². The Morgan fingerprint density at radius 3 is 2.17 bits per heavy atom. The third-order valence-corrected chi connectivity index (χ3v) is 7.88. The van der Waals surface area contributed by atoms with Gasteiger partial charge in [0, 0.05) is 5.92 Å². The molecular formula is C28H43NO. The van der Waals surface area contributed by atoms with Crippen molar-refractivity contribution in [3.05, 3.63) is 29.8 Å². The molecule has 1 aromatic rings. The maximum atomic E-state index is 9.85. The lowest BCUT2D eigenvalue weighted by atomic mass is 9.70. The van der Waals surface area contributed by atoms with Gasteiger partial charge in [0.05, 0.1) is 12.7 Å². The van der Waals surface area contributed by atoms with Gasteiger partial charge in [-0.3, -0.25) is 0 Å². The molecule has 0 N–H and O–H groups in total. The molecular weight excluding hydrogens is 366 g/mol. The molecule has 1 unspecified atom stereocenters. The fourth-order valence-corrected chi connectivity index (χ4v) is 5.90. The van der Waals surface area contributed by atoms with Crippen LogP contribution < -0.4 is 4.74 Å². The summed E-state index contributed by atoms with van der Waals surface area (Å²) in [5.41, 5.74) is 1.47. The van der Waals surface area contributed by atoms with E-state index in [4.69, 9.17) is 4.74 Å². The van der Waals surface area contributed by atoms with Gasteiger partial charge in [-0.1, -0.05) is 58.1 Å². The molecule has 0 bridgehead atoms.